The largest absolute Gasteiger partial charge is 0.341 e. The van der Waals surface area contributed by atoms with Crippen LogP contribution in [0, 0.1) is 4.77 Å². The third-order valence-electron chi connectivity index (χ3n) is 4.98. The van der Waals surface area contributed by atoms with Crippen molar-refractivity contribution in [3.05, 3.63) is 77.2 Å². The predicted molar refractivity (Wildman–Crippen MR) is 119 cm³/mol. The second kappa shape index (κ2) is 7.10. The Bertz CT molecular complexity index is 1410. The molecule has 0 aliphatic rings. The number of aromatic amines is 1. The van der Waals surface area contributed by atoms with Crippen molar-refractivity contribution in [3.8, 4) is 11.5 Å². The minimum Gasteiger partial charge on any atom is -0.341 e. The number of pyridine rings is 1. The molecule has 1 N–H and O–H groups in total. The molecule has 5 rings (SSSR count). The first-order chi connectivity index (χ1) is 14.3. The minimum absolute atomic E-state index is 0.422. The number of hydrogen-bond donors (Lipinski definition) is 1. The second-order valence-corrected chi connectivity index (χ2v) is 7.05. The van der Waals surface area contributed by atoms with Gasteiger partial charge in [0.05, 0.1) is 6.21 Å². The first kappa shape index (κ1) is 17.5. The number of para-hydroxylation sites is 1. The predicted octanol–water partition coefficient (Wildman–Crippen LogP) is 5.01. The lowest BCUT2D eigenvalue weighted by molar-refractivity contribution is 0.827. The van der Waals surface area contributed by atoms with E-state index in [2.05, 4.69) is 74.2 Å². The molecule has 142 valence electrons. The van der Waals surface area contributed by atoms with E-state index in [4.69, 9.17) is 12.2 Å². The van der Waals surface area contributed by atoms with Gasteiger partial charge in [0, 0.05) is 34.5 Å². The van der Waals surface area contributed by atoms with Crippen LogP contribution in [0.2, 0.25) is 0 Å². The van der Waals surface area contributed by atoms with Crippen LogP contribution in [0.1, 0.15) is 12.5 Å². The summed E-state index contributed by atoms with van der Waals surface area (Å²) in [5.74, 6) is 0.579. The van der Waals surface area contributed by atoms with Crippen LogP contribution >= 0.6 is 12.2 Å². The lowest BCUT2D eigenvalue weighted by Gasteiger charge is -2.03. The van der Waals surface area contributed by atoms with Crippen molar-refractivity contribution in [2.45, 2.75) is 13.5 Å². The van der Waals surface area contributed by atoms with Crippen molar-refractivity contribution in [3.63, 3.8) is 0 Å². The Labute approximate surface area is 172 Å². The monoisotopic (exact) mass is 398 g/mol. The molecule has 6 nitrogen and oxygen atoms in total. The second-order valence-electron chi connectivity index (χ2n) is 6.66. The lowest BCUT2D eigenvalue weighted by Crippen LogP contribution is -1.96. The zero-order valence-corrected chi connectivity index (χ0v) is 16.6. The summed E-state index contributed by atoms with van der Waals surface area (Å²) in [5, 5.41) is 14.1. The van der Waals surface area contributed by atoms with Crippen molar-refractivity contribution in [2.24, 2.45) is 5.10 Å². The van der Waals surface area contributed by atoms with Gasteiger partial charge in [0.1, 0.15) is 5.69 Å². The molecule has 0 radical (unpaired) electrons. The number of nitrogens with one attached hydrogen (secondary N) is 1. The summed E-state index contributed by atoms with van der Waals surface area (Å²) >= 11 is 5.35. The quantitative estimate of drug-likeness (QED) is 0.342. The highest BCUT2D eigenvalue weighted by Crippen LogP contribution is 2.29. The van der Waals surface area contributed by atoms with E-state index in [1.807, 2.05) is 18.2 Å². The van der Waals surface area contributed by atoms with E-state index < -0.39 is 0 Å². The van der Waals surface area contributed by atoms with Crippen LogP contribution in [0.15, 0.2) is 72.0 Å². The Morgan fingerprint density at radius 1 is 1.03 bits per heavy atom. The number of hydrogen-bond acceptors (Lipinski definition) is 4. The van der Waals surface area contributed by atoms with E-state index >= 15 is 0 Å². The third-order valence-corrected chi connectivity index (χ3v) is 5.24. The molecule has 2 aromatic carbocycles. The summed E-state index contributed by atoms with van der Waals surface area (Å²) in [4.78, 5) is 4.34. The van der Waals surface area contributed by atoms with E-state index in [1.165, 1.54) is 21.8 Å². The highest BCUT2D eigenvalue weighted by molar-refractivity contribution is 7.71. The molecule has 0 bridgehead atoms. The van der Waals surface area contributed by atoms with Crippen LogP contribution in [0.3, 0.4) is 0 Å². The SMILES string of the molecule is CCn1c2ccccc2c2cc(C=Nn3c(-c4ccccn4)n[nH]c3=S)ccc21. The molecule has 0 fully saturated rings. The molecule has 3 heterocycles. The molecule has 0 amide bonds. The summed E-state index contributed by atoms with van der Waals surface area (Å²) in [7, 11) is 0. The van der Waals surface area contributed by atoms with Gasteiger partial charge in [-0.05, 0) is 55.0 Å². The molecule has 0 saturated carbocycles. The number of aromatic nitrogens is 5. The number of nitrogens with zero attached hydrogens (tertiary/aromatic N) is 5. The minimum atomic E-state index is 0.422. The van der Waals surface area contributed by atoms with Gasteiger partial charge in [-0.3, -0.25) is 4.98 Å². The number of benzene rings is 2. The molecular weight excluding hydrogens is 380 g/mol. The van der Waals surface area contributed by atoms with Crippen molar-refractivity contribution < 1.29 is 0 Å². The summed E-state index contributed by atoms with van der Waals surface area (Å²) < 4.78 is 4.35. The smallest absolute Gasteiger partial charge is 0.216 e. The van der Waals surface area contributed by atoms with Crippen molar-refractivity contribution in [1.29, 1.82) is 0 Å². The Morgan fingerprint density at radius 2 is 1.86 bits per heavy atom. The van der Waals surface area contributed by atoms with E-state index in [0.29, 0.717) is 16.3 Å². The average Bonchev–Trinajstić information content (AvgIpc) is 3.30. The maximum Gasteiger partial charge on any atom is 0.216 e. The van der Waals surface area contributed by atoms with Gasteiger partial charge in [0.15, 0.2) is 0 Å². The molecular formula is C22H18N6S. The number of H-pyrrole nitrogens is 1. The Hall–Kier alpha value is -3.58. The van der Waals surface area contributed by atoms with Crippen molar-refractivity contribution in [2.75, 3.05) is 0 Å². The lowest BCUT2D eigenvalue weighted by atomic mass is 10.1. The first-order valence-corrected chi connectivity index (χ1v) is 9.81. The zero-order chi connectivity index (χ0) is 19.8. The van der Waals surface area contributed by atoms with E-state index in [-0.39, 0.29) is 0 Å². The Morgan fingerprint density at radius 3 is 2.69 bits per heavy atom. The fourth-order valence-corrected chi connectivity index (χ4v) is 3.86. The normalized spacial score (nSPS) is 11.8. The van der Waals surface area contributed by atoms with Crippen LogP contribution in [0.4, 0.5) is 0 Å². The molecule has 5 aromatic rings. The van der Waals surface area contributed by atoms with Gasteiger partial charge in [0.2, 0.25) is 10.6 Å². The fraction of sp³-hybridized carbons (Fsp3) is 0.0909. The molecule has 3 aromatic heterocycles. The molecule has 0 unspecified atom stereocenters. The molecule has 0 aliphatic carbocycles. The number of aryl methyl sites for hydroxylation is 1. The summed E-state index contributed by atoms with van der Waals surface area (Å²) in [6, 6.07) is 20.5. The van der Waals surface area contributed by atoms with Gasteiger partial charge in [-0.15, -0.1) is 0 Å². The summed E-state index contributed by atoms with van der Waals surface area (Å²) in [6.07, 6.45) is 3.52. The van der Waals surface area contributed by atoms with Crippen LogP contribution in [0.25, 0.3) is 33.3 Å². The molecule has 0 aliphatic heterocycles. The number of rotatable bonds is 4. The van der Waals surface area contributed by atoms with Crippen molar-refractivity contribution >= 4 is 40.2 Å². The van der Waals surface area contributed by atoms with Gasteiger partial charge >= 0.3 is 0 Å². The maximum absolute atomic E-state index is 5.35. The van der Waals surface area contributed by atoms with Gasteiger partial charge < -0.3 is 4.57 Å². The van der Waals surface area contributed by atoms with Crippen LogP contribution in [-0.2, 0) is 6.54 Å². The van der Waals surface area contributed by atoms with Gasteiger partial charge in [0.25, 0.3) is 0 Å². The highest BCUT2D eigenvalue weighted by atomic mass is 32.1. The van der Waals surface area contributed by atoms with Crippen LogP contribution in [-0.4, -0.2) is 30.6 Å². The van der Waals surface area contributed by atoms with Gasteiger partial charge in [-0.1, -0.05) is 30.3 Å². The number of fused-ring (bicyclic) bond motifs is 3. The zero-order valence-electron chi connectivity index (χ0n) is 15.8. The third kappa shape index (κ3) is 2.96. The van der Waals surface area contributed by atoms with Gasteiger partial charge in [-0.25, -0.2) is 5.10 Å². The van der Waals surface area contributed by atoms with Crippen LogP contribution < -0.4 is 0 Å². The van der Waals surface area contributed by atoms with E-state index in [0.717, 1.165) is 12.1 Å². The van der Waals surface area contributed by atoms with Crippen molar-refractivity contribution in [1.82, 2.24) is 24.4 Å². The molecule has 0 saturated heterocycles. The molecule has 29 heavy (non-hydrogen) atoms. The highest BCUT2D eigenvalue weighted by Gasteiger charge is 2.10. The summed E-state index contributed by atoms with van der Waals surface area (Å²) in [6.45, 7) is 3.09. The molecule has 0 atom stereocenters. The van der Waals surface area contributed by atoms with E-state index in [9.17, 15) is 0 Å². The average molecular weight is 398 g/mol. The Kier molecular flexibility index (Phi) is 4.29. The maximum atomic E-state index is 5.35. The first-order valence-electron chi connectivity index (χ1n) is 9.40. The topological polar surface area (TPSA) is 63.8 Å². The van der Waals surface area contributed by atoms with Crippen LogP contribution in [0.5, 0.6) is 0 Å². The summed E-state index contributed by atoms with van der Waals surface area (Å²) in [5.41, 5.74) is 4.17. The fourth-order valence-electron chi connectivity index (χ4n) is 3.68. The van der Waals surface area contributed by atoms with E-state index in [1.54, 1.807) is 17.1 Å². The molecule has 7 heteroatoms. The Balaban J connectivity index is 1.60. The van der Waals surface area contributed by atoms with Gasteiger partial charge in [-0.2, -0.15) is 14.9 Å². The standard InChI is InChI=1S/C22H18N6S/c1-2-27-19-9-4-3-7-16(19)17-13-15(10-11-20(17)27)14-24-28-21(25-26-22(28)29)18-8-5-6-12-23-18/h3-14H,2H2,1H3,(H,26,29). The molecule has 0 spiro atoms.